The number of aryl methyl sites for hydroxylation is 1. The highest BCUT2D eigenvalue weighted by atomic mass is 16.5. The lowest BCUT2D eigenvalue weighted by Gasteiger charge is -2.16. The normalized spacial score (nSPS) is 14.2. The van der Waals surface area contributed by atoms with Gasteiger partial charge in [0.25, 0.3) is 0 Å². The molecule has 0 bridgehead atoms. The number of benzene rings is 1. The van der Waals surface area contributed by atoms with Gasteiger partial charge in [-0.15, -0.1) is 0 Å². The summed E-state index contributed by atoms with van der Waals surface area (Å²) in [6.07, 6.45) is 13.3. The Morgan fingerprint density at radius 3 is 2.26 bits per heavy atom. The molecule has 0 aliphatic heterocycles. The van der Waals surface area contributed by atoms with E-state index in [0.717, 1.165) is 48.0 Å². The Hall–Kier alpha value is -2.68. The van der Waals surface area contributed by atoms with Gasteiger partial charge >= 0.3 is 5.97 Å². The summed E-state index contributed by atoms with van der Waals surface area (Å²) < 4.78 is 4.82. The number of carbonyl (C=O) groups is 2. The first kappa shape index (κ1) is 29.4. The summed E-state index contributed by atoms with van der Waals surface area (Å²) in [6, 6.07) is 6.51. The number of hydrogen-bond acceptors (Lipinski definition) is 3. The van der Waals surface area contributed by atoms with Gasteiger partial charge in [0.05, 0.1) is 7.11 Å². The summed E-state index contributed by atoms with van der Waals surface area (Å²) in [4.78, 5) is 24.6. The number of hydrogen-bond donors (Lipinski definition) is 0. The maximum Gasteiger partial charge on any atom is 0.305 e. The topological polar surface area (TPSA) is 43.4 Å². The molecular formula is C31H44O3. The Balaban J connectivity index is 3.67. The van der Waals surface area contributed by atoms with E-state index in [4.69, 9.17) is 4.74 Å². The lowest BCUT2D eigenvalue weighted by Crippen LogP contribution is -2.04. The molecule has 3 nitrogen and oxygen atoms in total. The number of ketones is 1. The lowest BCUT2D eigenvalue weighted by atomic mass is 9.88. The third kappa shape index (κ3) is 9.29. The number of carbonyl (C=O) groups excluding carboxylic acids is 2. The fourth-order valence-electron chi connectivity index (χ4n) is 4.04. The molecule has 186 valence electrons. The van der Waals surface area contributed by atoms with Crippen molar-refractivity contribution in [1.29, 1.82) is 0 Å². The Morgan fingerprint density at radius 2 is 1.71 bits per heavy atom. The van der Waals surface area contributed by atoms with Crippen LogP contribution in [0.3, 0.4) is 0 Å². The van der Waals surface area contributed by atoms with Crippen molar-refractivity contribution in [2.45, 2.75) is 92.9 Å². The smallest absolute Gasteiger partial charge is 0.305 e. The zero-order chi connectivity index (χ0) is 25.7. The standard InChI is InChI=1S/C31H44O3/c1-9-12-24(6)29(18-15-26(13-10-2)16-19-31(33)34-8)30(25(7)32)21-27-20-22(4)14-17-28(27)23(5)11-3/h12,14-15,17-18,20-21,23H,9-11,13,16,19H2,1-8H3/b24-12-,26-15+,29-18+,30-21+. The van der Waals surface area contributed by atoms with Crippen molar-refractivity contribution in [1.82, 2.24) is 0 Å². The van der Waals surface area contributed by atoms with Crippen LogP contribution < -0.4 is 0 Å². The molecule has 0 radical (unpaired) electrons. The highest BCUT2D eigenvalue weighted by Crippen LogP contribution is 2.30. The highest BCUT2D eigenvalue weighted by Gasteiger charge is 2.15. The number of methoxy groups -OCH3 is 1. The third-order valence-electron chi connectivity index (χ3n) is 6.22. The molecule has 1 aromatic rings. The molecular weight excluding hydrogens is 420 g/mol. The van der Waals surface area contributed by atoms with Gasteiger partial charge in [-0.05, 0) is 80.7 Å². The van der Waals surface area contributed by atoms with Crippen molar-refractivity contribution in [2.24, 2.45) is 0 Å². The van der Waals surface area contributed by atoms with E-state index >= 15 is 0 Å². The van der Waals surface area contributed by atoms with Gasteiger partial charge in [0.1, 0.15) is 0 Å². The van der Waals surface area contributed by atoms with Gasteiger partial charge in [0.15, 0.2) is 5.78 Å². The molecule has 0 spiro atoms. The largest absolute Gasteiger partial charge is 0.469 e. The van der Waals surface area contributed by atoms with Crippen LogP contribution in [0.25, 0.3) is 6.08 Å². The average Bonchev–Trinajstić information content (AvgIpc) is 2.81. The van der Waals surface area contributed by atoms with E-state index in [-0.39, 0.29) is 11.8 Å². The van der Waals surface area contributed by atoms with Crippen molar-refractivity contribution in [2.75, 3.05) is 7.11 Å². The van der Waals surface area contributed by atoms with Gasteiger partial charge < -0.3 is 4.74 Å². The molecule has 0 fully saturated rings. The van der Waals surface area contributed by atoms with Crippen LogP contribution in [0.2, 0.25) is 0 Å². The first-order valence-electron chi connectivity index (χ1n) is 12.6. The van der Waals surface area contributed by atoms with E-state index in [1.165, 1.54) is 23.8 Å². The lowest BCUT2D eigenvalue weighted by molar-refractivity contribution is -0.140. The van der Waals surface area contributed by atoms with Crippen LogP contribution in [0.5, 0.6) is 0 Å². The Morgan fingerprint density at radius 1 is 1.00 bits per heavy atom. The number of rotatable bonds is 13. The molecule has 0 heterocycles. The van der Waals surface area contributed by atoms with Gasteiger partial charge in [0, 0.05) is 12.0 Å². The Labute approximate surface area is 207 Å². The molecule has 1 rings (SSSR count). The molecule has 1 aromatic carbocycles. The van der Waals surface area contributed by atoms with Crippen LogP contribution in [-0.2, 0) is 14.3 Å². The maximum atomic E-state index is 12.9. The summed E-state index contributed by atoms with van der Waals surface area (Å²) in [5.41, 5.74) is 7.49. The van der Waals surface area contributed by atoms with Gasteiger partial charge in [0.2, 0.25) is 0 Å². The van der Waals surface area contributed by atoms with Gasteiger partial charge in [-0.3, -0.25) is 9.59 Å². The number of Topliss-reactive ketones (excluding diaryl/α,β-unsaturated/α-hetero) is 1. The average molecular weight is 465 g/mol. The SMILES string of the molecule is CC\C=C(C)/C(=C\C=C(/CCC)CCC(=O)OC)C(=C/c1cc(C)ccc1C(C)CC)/C(C)=O. The zero-order valence-corrected chi connectivity index (χ0v) is 22.6. The van der Waals surface area contributed by atoms with Gasteiger partial charge in [-0.25, -0.2) is 0 Å². The number of ether oxygens (including phenoxy) is 1. The minimum absolute atomic E-state index is 0.0479. The summed E-state index contributed by atoms with van der Waals surface area (Å²) >= 11 is 0. The van der Waals surface area contributed by atoms with E-state index < -0.39 is 0 Å². The van der Waals surface area contributed by atoms with Crippen molar-refractivity contribution >= 4 is 17.8 Å². The second-order valence-corrected chi connectivity index (χ2v) is 9.08. The first-order valence-corrected chi connectivity index (χ1v) is 12.6. The van der Waals surface area contributed by atoms with Crippen molar-refractivity contribution in [3.05, 3.63) is 75.4 Å². The fourth-order valence-corrected chi connectivity index (χ4v) is 4.04. The molecule has 0 aliphatic rings. The number of esters is 1. The third-order valence-corrected chi connectivity index (χ3v) is 6.22. The van der Waals surface area contributed by atoms with Gasteiger partial charge in [-0.1, -0.05) is 81.7 Å². The number of allylic oxidation sites excluding steroid dienone is 7. The summed E-state index contributed by atoms with van der Waals surface area (Å²) in [6.45, 7) is 14.5. The second kappa shape index (κ2) is 15.3. The molecule has 3 heteroatoms. The minimum Gasteiger partial charge on any atom is -0.469 e. The molecule has 0 saturated carbocycles. The van der Waals surface area contributed by atoms with E-state index in [0.29, 0.717) is 18.8 Å². The van der Waals surface area contributed by atoms with Crippen LogP contribution in [0.1, 0.15) is 103 Å². The molecule has 0 amide bonds. The second-order valence-electron chi connectivity index (χ2n) is 9.08. The van der Waals surface area contributed by atoms with Crippen molar-refractivity contribution < 1.29 is 14.3 Å². The van der Waals surface area contributed by atoms with Crippen LogP contribution >= 0.6 is 0 Å². The van der Waals surface area contributed by atoms with Crippen LogP contribution in [0.4, 0.5) is 0 Å². The van der Waals surface area contributed by atoms with Crippen LogP contribution in [0.15, 0.2) is 58.7 Å². The predicted molar refractivity (Wildman–Crippen MR) is 145 cm³/mol. The molecule has 1 atom stereocenters. The van der Waals surface area contributed by atoms with E-state index in [9.17, 15) is 9.59 Å². The van der Waals surface area contributed by atoms with Crippen molar-refractivity contribution in [3.63, 3.8) is 0 Å². The summed E-state index contributed by atoms with van der Waals surface area (Å²) in [5.74, 6) is 0.260. The molecule has 34 heavy (non-hydrogen) atoms. The highest BCUT2D eigenvalue weighted by molar-refractivity contribution is 6.03. The summed E-state index contributed by atoms with van der Waals surface area (Å²) in [5, 5.41) is 0. The predicted octanol–water partition coefficient (Wildman–Crippen LogP) is 8.44. The van der Waals surface area contributed by atoms with Crippen LogP contribution in [0, 0.1) is 6.92 Å². The van der Waals surface area contributed by atoms with Crippen molar-refractivity contribution in [3.8, 4) is 0 Å². The molecule has 0 N–H and O–H groups in total. The molecule has 0 aliphatic carbocycles. The molecule has 1 unspecified atom stereocenters. The first-order chi connectivity index (χ1) is 16.2. The van der Waals surface area contributed by atoms with E-state index in [2.05, 4.69) is 84.0 Å². The monoisotopic (exact) mass is 464 g/mol. The minimum atomic E-state index is -0.199. The van der Waals surface area contributed by atoms with E-state index in [1.54, 1.807) is 6.92 Å². The molecule has 0 saturated heterocycles. The summed E-state index contributed by atoms with van der Waals surface area (Å²) in [7, 11) is 1.42. The Kier molecular flexibility index (Phi) is 13.2. The quantitative estimate of drug-likeness (QED) is 0.167. The fraction of sp³-hybridized carbons (Fsp3) is 0.484. The maximum absolute atomic E-state index is 12.9. The zero-order valence-electron chi connectivity index (χ0n) is 22.6. The Bertz CT molecular complexity index is 957. The van der Waals surface area contributed by atoms with Crippen LogP contribution in [-0.4, -0.2) is 18.9 Å². The molecule has 0 aromatic heterocycles. The van der Waals surface area contributed by atoms with Gasteiger partial charge in [-0.2, -0.15) is 0 Å². The van der Waals surface area contributed by atoms with E-state index in [1.807, 2.05) is 0 Å².